The summed E-state index contributed by atoms with van der Waals surface area (Å²) < 4.78 is 5.65. The van der Waals surface area contributed by atoms with Crippen molar-refractivity contribution in [2.45, 2.75) is 39.3 Å². The summed E-state index contributed by atoms with van der Waals surface area (Å²) >= 11 is 5.96. The Hall–Kier alpha value is -3.10. The number of ether oxygens (including phenoxy) is 1. The predicted octanol–water partition coefficient (Wildman–Crippen LogP) is 4.19. The van der Waals surface area contributed by atoms with E-state index in [1.54, 1.807) is 55.6 Å². The normalized spacial score (nSPS) is 11.3. The average molecular weight is 475 g/mol. The minimum absolute atomic E-state index is 0.0421. The Morgan fingerprint density at radius 3 is 2.39 bits per heavy atom. The number of unbranched alkanes of at least 4 members (excludes halogenated alkanes) is 1. The number of amides is 3. The molecule has 2 N–H and O–H groups in total. The van der Waals surface area contributed by atoms with Crippen LogP contribution in [-0.2, 0) is 11.3 Å². The van der Waals surface area contributed by atoms with Crippen molar-refractivity contribution in [3.05, 3.63) is 59.1 Å². The van der Waals surface area contributed by atoms with E-state index in [0.29, 0.717) is 42.3 Å². The highest BCUT2D eigenvalue weighted by molar-refractivity contribution is 6.30. The van der Waals surface area contributed by atoms with Crippen molar-refractivity contribution in [2.75, 3.05) is 20.2 Å². The molecule has 2 aromatic carbocycles. The molecular formula is C24H31ClN4O4. The lowest BCUT2D eigenvalue weighted by Crippen LogP contribution is -2.48. The highest BCUT2D eigenvalue weighted by Gasteiger charge is 2.17. The van der Waals surface area contributed by atoms with Crippen LogP contribution in [0.15, 0.2) is 53.5 Å². The van der Waals surface area contributed by atoms with Gasteiger partial charge in [0.1, 0.15) is 5.75 Å². The number of carbonyl (C=O) groups is 2. The van der Waals surface area contributed by atoms with Crippen molar-refractivity contribution in [2.24, 2.45) is 4.99 Å². The smallest absolute Gasteiger partial charge is 0.323 e. The molecule has 0 aliphatic rings. The van der Waals surface area contributed by atoms with Crippen molar-refractivity contribution in [3.63, 3.8) is 0 Å². The van der Waals surface area contributed by atoms with E-state index in [2.05, 4.69) is 10.3 Å². The van der Waals surface area contributed by atoms with Gasteiger partial charge in [0, 0.05) is 25.2 Å². The Morgan fingerprint density at radius 1 is 1.15 bits per heavy atom. The van der Waals surface area contributed by atoms with Crippen molar-refractivity contribution in [3.8, 4) is 5.75 Å². The Labute approximate surface area is 199 Å². The van der Waals surface area contributed by atoms with Gasteiger partial charge in [-0.1, -0.05) is 23.7 Å². The molecule has 0 saturated carbocycles. The molecule has 0 aliphatic heterocycles. The Bertz CT molecular complexity index is 917. The van der Waals surface area contributed by atoms with Crippen LogP contribution in [-0.4, -0.2) is 59.6 Å². The number of hydrogen-bond donors (Lipinski definition) is 2. The first kappa shape index (κ1) is 26.2. The second-order valence-corrected chi connectivity index (χ2v) is 8.17. The fourth-order valence-corrected chi connectivity index (χ4v) is 2.99. The first-order chi connectivity index (χ1) is 15.8. The van der Waals surface area contributed by atoms with Crippen molar-refractivity contribution in [1.29, 1.82) is 0 Å². The summed E-state index contributed by atoms with van der Waals surface area (Å²) in [6.07, 6.45) is 1.92. The SMILES string of the molecule is CC(C)Oc1ccc(N=C(NC(=O)N(C)CCCCO)N(C=O)Cc2ccc(Cl)cc2)cc1. The number of nitrogens with zero attached hydrogens (tertiary/aromatic N) is 3. The molecular weight excluding hydrogens is 444 g/mol. The van der Waals surface area contributed by atoms with Crippen LogP contribution in [0.25, 0.3) is 0 Å². The van der Waals surface area contributed by atoms with Crippen LogP contribution >= 0.6 is 11.6 Å². The van der Waals surface area contributed by atoms with Crippen LogP contribution in [0.5, 0.6) is 5.75 Å². The van der Waals surface area contributed by atoms with E-state index < -0.39 is 6.03 Å². The van der Waals surface area contributed by atoms with E-state index in [9.17, 15) is 9.59 Å². The molecule has 0 atom stereocenters. The van der Waals surface area contributed by atoms with Gasteiger partial charge < -0.3 is 14.7 Å². The Balaban J connectivity index is 2.26. The molecule has 178 valence electrons. The second kappa shape index (κ2) is 13.4. The fourth-order valence-electron chi connectivity index (χ4n) is 2.86. The number of hydrogen-bond acceptors (Lipinski definition) is 5. The number of aliphatic hydroxyl groups is 1. The monoisotopic (exact) mass is 474 g/mol. The molecule has 0 bridgehead atoms. The van der Waals surface area contributed by atoms with Crippen molar-refractivity contribution < 1.29 is 19.4 Å². The zero-order valence-electron chi connectivity index (χ0n) is 19.2. The van der Waals surface area contributed by atoms with E-state index in [0.717, 1.165) is 5.56 Å². The second-order valence-electron chi connectivity index (χ2n) is 7.74. The summed E-state index contributed by atoms with van der Waals surface area (Å²) in [6, 6.07) is 13.7. The van der Waals surface area contributed by atoms with Gasteiger partial charge in [0.2, 0.25) is 12.4 Å². The molecule has 0 fully saturated rings. The quantitative estimate of drug-likeness (QED) is 0.233. The highest BCUT2D eigenvalue weighted by Crippen LogP contribution is 2.20. The van der Waals surface area contributed by atoms with Crippen LogP contribution in [0.2, 0.25) is 5.02 Å². The lowest BCUT2D eigenvalue weighted by Gasteiger charge is -2.23. The van der Waals surface area contributed by atoms with Gasteiger partial charge in [0.15, 0.2) is 0 Å². The maximum atomic E-state index is 12.7. The summed E-state index contributed by atoms with van der Waals surface area (Å²) in [4.78, 5) is 32.0. The predicted molar refractivity (Wildman–Crippen MR) is 130 cm³/mol. The molecule has 0 heterocycles. The molecule has 2 rings (SSSR count). The lowest BCUT2D eigenvalue weighted by molar-refractivity contribution is -0.115. The fraction of sp³-hybridized carbons (Fsp3) is 0.375. The third kappa shape index (κ3) is 9.11. The van der Waals surface area contributed by atoms with Gasteiger partial charge in [0.05, 0.1) is 18.3 Å². The zero-order valence-corrected chi connectivity index (χ0v) is 20.0. The number of urea groups is 1. The summed E-state index contributed by atoms with van der Waals surface area (Å²) in [6.45, 7) is 4.60. The standard InChI is InChI=1S/C24H31ClN4O4/c1-18(2)33-22-12-10-21(11-13-22)26-23(27-24(32)28(3)14-4-5-15-30)29(17-31)16-19-6-8-20(25)9-7-19/h6-13,17-18,30H,4-5,14-16H2,1-3H3,(H,26,27,32). The van der Waals surface area contributed by atoms with Crippen LogP contribution in [0.4, 0.5) is 10.5 Å². The van der Waals surface area contributed by atoms with E-state index in [4.69, 9.17) is 21.4 Å². The molecule has 0 spiro atoms. The van der Waals surface area contributed by atoms with Crippen LogP contribution in [0, 0.1) is 0 Å². The van der Waals surface area contributed by atoms with Gasteiger partial charge in [-0.3, -0.25) is 15.0 Å². The van der Waals surface area contributed by atoms with Crippen molar-refractivity contribution in [1.82, 2.24) is 15.1 Å². The van der Waals surface area contributed by atoms with E-state index in [-0.39, 0.29) is 25.2 Å². The minimum Gasteiger partial charge on any atom is -0.491 e. The number of guanidine groups is 1. The topological polar surface area (TPSA) is 94.5 Å². The number of nitrogens with one attached hydrogen (secondary N) is 1. The Morgan fingerprint density at radius 2 is 1.82 bits per heavy atom. The molecule has 3 amide bonds. The molecule has 0 saturated heterocycles. The van der Waals surface area contributed by atoms with Gasteiger partial charge in [-0.2, -0.15) is 0 Å². The minimum atomic E-state index is -0.408. The largest absolute Gasteiger partial charge is 0.491 e. The summed E-state index contributed by atoms with van der Waals surface area (Å²) in [7, 11) is 1.65. The van der Waals surface area contributed by atoms with Crippen molar-refractivity contribution >= 4 is 35.7 Å². The maximum Gasteiger partial charge on any atom is 0.323 e. The van der Waals surface area contributed by atoms with Gasteiger partial charge >= 0.3 is 6.03 Å². The zero-order chi connectivity index (χ0) is 24.2. The lowest BCUT2D eigenvalue weighted by atomic mass is 10.2. The van der Waals surface area contributed by atoms with Gasteiger partial charge in [-0.15, -0.1) is 0 Å². The van der Waals surface area contributed by atoms with E-state index in [1.807, 2.05) is 13.8 Å². The highest BCUT2D eigenvalue weighted by atomic mass is 35.5. The molecule has 2 aromatic rings. The number of aliphatic imine (C=N–C) groups is 1. The molecule has 9 heteroatoms. The molecule has 33 heavy (non-hydrogen) atoms. The first-order valence-electron chi connectivity index (χ1n) is 10.8. The molecule has 0 radical (unpaired) electrons. The first-order valence-corrected chi connectivity index (χ1v) is 11.1. The molecule has 0 aliphatic carbocycles. The van der Waals surface area contributed by atoms with Gasteiger partial charge in [-0.05, 0) is 68.7 Å². The number of rotatable bonds is 10. The van der Waals surface area contributed by atoms with E-state index in [1.165, 1.54) is 9.80 Å². The molecule has 0 unspecified atom stereocenters. The van der Waals surface area contributed by atoms with Crippen LogP contribution in [0.3, 0.4) is 0 Å². The molecule has 0 aromatic heterocycles. The number of halogens is 1. The van der Waals surface area contributed by atoms with Gasteiger partial charge in [0.25, 0.3) is 0 Å². The number of benzene rings is 2. The third-order valence-corrected chi connectivity index (χ3v) is 4.83. The van der Waals surface area contributed by atoms with Crippen LogP contribution < -0.4 is 10.1 Å². The van der Waals surface area contributed by atoms with Crippen LogP contribution in [0.1, 0.15) is 32.3 Å². The average Bonchev–Trinajstić information content (AvgIpc) is 2.79. The number of carbonyl (C=O) groups excluding carboxylic acids is 2. The summed E-state index contributed by atoms with van der Waals surface area (Å²) in [5, 5.41) is 12.3. The third-order valence-electron chi connectivity index (χ3n) is 4.58. The number of aliphatic hydroxyl groups excluding tert-OH is 1. The molecule has 8 nitrogen and oxygen atoms in total. The van der Waals surface area contributed by atoms with E-state index >= 15 is 0 Å². The summed E-state index contributed by atoms with van der Waals surface area (Å²) in [5.74, 6) is 0.794. The Kier molecular flexibility index (Phi) is 10.7. The maximum absolute atomic E-state index is 12.7. The van der Waals surface area contributed by atoms with Gasteiger partial charge in [-0.25, -0.2) is 9.79 Å². The summed E-state index contributed by atoms with van der Waals surface area (Å²) in [5.41, 5.74) is 1.37.